The molecule has 0 aromatic heterocycles. The van der Waals surface area contributed by atoms with Crippen LogP contribution < -0.4 is 5.32 Å². The van der Waals surface area contributed by atoms with E-state index in [9.17, 15) is 0 Å². The summed E-state index contributed by atoms with van der Waals surface area (Å²) in [7, 11) is 0. The Balaban J connectivity index is 2.10. The number of nitrogens with one attached hydrogen (secondary N) is 1. The zero-order chi connectivity index (χ0) is 13.9. The van der Waals surface area contributed by atoms with Gasteiger partial charge >= 0.3 is 0 Å². The fourth-order valence-corrected chi connectivity index (χ4v) is 3.26. The minimum atomic E-state index is 0.814. The Bertz CT molecular complexity index is 197. The Morgan fingerprint density at radius 3 is 2.37 bits per heavy atom. The van der Waals surface area contributed by atoms with Crippen LogP contribution in [0.4, 0.5) is 0 Å². The molecule has 0 unspecified atom stereocenters. The van der Waals surface area contributed by atoms with Crippen LogP contribution in [0.1, 0.15) is 72.1 Å². The fourth-order valence-electron chi connectivity index (χ4n) is 3.26. The first-order chi connectivity index (χ1) is 9.24. The molecule has 114 valence electrons. The van der Waals surface area contributed by atoms with Crippen LogP contribution in [0.3, 0.4) is 0 Å². The molecule has 0 heterocycles. The first-order valence-corrected chi connectivity index (χ1v) is 8.68. The third-order valence-electron chi connectivity index (χ3n) is 4.24. The predicted molar refractivity (Wildman–Crippen MR) is 85.7 cm³/mol. The van der Waals surface area contributed by atoms with Gasteiger partial charge in [0.15, 0.2) is 0 Å². The van der Waals surface area contributed by atoms with Gasteiger partial charge < -0.3 is 10.2 Å². The Kier molecular flexibility index (Phi) is 9.54. The van der Waals surface area contributed by atoms with E-state index in [2.05, 4.69) is 31.0 Å². The smallest absolute Gasteiger partial charge is 0.00953 e. The molecule has 2 heteroatoms. The van der Waals surface area contributed by atoms with Gasteiger partial charge in [0, 0.05) is 12.6 Å². The van der Waals surface area contributed by atoms with Crippen LogP contribution in [0.15, 0.2) is 0 Å². The van der Waals surface area contributed by atoms with Crippen LogP contribution in [0.2, 0.25) is 0 Å². The monoisotopic (exact) mass is 268 g/mol. The van der Waals surface area contributed by atoms with Crippen molar-refractivity contribution >= 4 is 0 Å². The lowest BCUT2D eigenvalue weighted by Crippen LogP contribution is -2.37. The second kappa shape index (κ2) is 10.7. The minimum absolute atomic E-state index is 0.814. The maximum atomic E-state index is 3.41. The molecule has 1 rings (SSSR count). The van der Waals surface area contributed by atoms with Gasteiger partial charge in [-0.1, -0.05) is 46.5 Å². The van der Waals surface area contributed by atoms with Crippen molar-refractivity contribution in [1.82, 2.24) is 10.2 Å². The topological polar surface area (TPSA) is 15.3 Å². The molecule has 1 fully saturated rings. The van der Waals surface area contributed by atoms with E-state index in [1.54, 1.807) is 0 Å². The van der Waals surface area contributed by atoms with Crippen LogP contribution in [0.25, 0.3) is 0 Å². The van der Waals surface area contributed by atoms with E-state index < -0.39 is 0 Å². The maximum absolute atomic E-state index is 3.41. The van der Waals surface area contributed by atoms with E-state index >= 15 is 0 Å². The van der Waals surface area contributed by atoms with Gasteiger partial charge in [0.2, 0.25) is 0 Å². The molecule has 2 nitrogen and oxygen atoms in total. The molecular formula is C17H36N2. The highest BCUT2D eigenvalue weighted by atomic mass is 15.2. The van der Waals surface area contributed by atoms with E-state index in [1.807, 2.05) is 0 Å². The Hall–Kier alpha value is -0.0800. The Morgan fingerprint density at radius 2 is 1.74 bits per heavy atom. The fraction of sp³-hybridized carbons (Fsp3) is 1.00. The third kappa shape index (κ3) is 7.94. The van der Waals surface area contributed by atoms with Crippen LogP contribution in [0.5, 0.6) is 0 Å². The van der Waals surface area contributed by atoms with E-state index in [4.69, 9.17) is 0 Å². The lowest BCUT2D eigenvalue weighted by molar-refractivity contribution is 0.173. The SMILES string of the molecule is CCNCCCCCCN(CC(C)C)C1CCCC1. The number of hydrogen-bond donors (Lipinski definition) is 1. The second-order valence-corrected chi connectivity index (χ2v) is 6.59. The van der Waals surface area contributed by atoms with Crippen molar-refractivity contribution < 1.29 is 0 Å². The summed E-state index contributed by atoms with van der Waals surface area (Å²) in [6.45, 7) is 11.9. The summed E-state index contributed by atoms with van der Waals surface area (Å²) in [5.74, 6) is 0.814. The zero-order valence-electron chi connectivity index (χ0n) is 13.6. The molecular weight excluding hydrogens is 232 g/mol. The predicted octanol–water partition coefficient (Wildman–Crippen LogP) is 4.06. The van der Waals surface area contributed by atoms with Crippen LogP contribution >= 0.6 is 0 Å². The van der Waals surface area contributed by atoms with Gasteiger partial charge in [0.05, 0.1) is 0 Å². The highest BCUT2D eigenvalue weighted by Gasteiger charge is 2.22. The van der Waals surface area contributed by atoms with Gasteiger partial charge in [-0.05, 0) is 51.2 Å². The number of nitrogens with zero attached hydrogens (tertiary/aromatic N) is 1. The molecule has 0 atom stereocenters. The van der Waals surface area contributed by atoms with Crippen LogP contribution in [-0.2, 0) is 0 Å². The molecule has 0 bridgehead atoms. The quantitative estimate of drug-likeness (QED) is 0.569. The Labute approximate surface area is 121 Å². The number of rotatable bonds is 11. The number of unbranched alkanes of at least 4 members (excludes halogenated alkanes) is 3. The molecule has 1 aliphatic carbocycles. The second-order valence-electron chi connectivity index (χ2n) is 6.59. The Morgan fingerprint density at radius 1 is 1.05 bits per heavy atom. The lowest BCUT2D eigenvalue weighted by Gasteiger charge is -2.30. The molecule has 0 saturated heterocycles. The van der Waals surface area contributed by atoms with Crippen molar-refractivity contribution in [3.05, 3.63) is 0 Å². The summed E-state index contributed by atoms with van der Waals surface area (Å²) in [6.07, 6.45) is 11.4. The largest absolute Gasteiger partial charge is 0.317 e. The molecule has 0 aliphatic heterocycles. The average Bonchev–Trinajstić information content (AvgIpc) is 2.89. The molecule has 0 spiro atoms. The zero-order valence-corrected chi connectivity index (χ0v) is 13.6. The maximum Gasteiger partial charge on any atom is 0.00953 e. The normalized spacial score (nSPS) is 16.9. The van der Waals surface area contributed by atoms with E-state index in [0.717, 1.165) is 18.5 Å². The lowest BCUT2D eigenvalue weighted by atomic mass is 10.1. The molecule has 0 amide bonds. The molecule has 0 aromatic carbocycles. The molecule has 1 saturated carbocycles. The summed E-state index contributed by atoms with van der Waals surface area (Å²) < 4.78 is 0. The highest BCUT2D eigenvalue weighted by Crippen LogP contribution is 2.24. The van der Waals surface area contributed by atoms with Gasteiger partial charge in [-0.3, -0.25) is 0 Å². The van der Waals surface area contributed by atoms with Gasteiger partial charge in [-0.25, -0.2) is 0 Å². The molecule has 1 aliphatic rings. The van der Waals surface area contributed by atoms with Gasteiger partial charge in [-0.15, -0.1) is 0 Å². The summed E-state index contributed by atoms with van der Waals surface area (Å²) in [4.78, 5) is 2.79. The first-order valence-electron chi connectivity index (χ1n) is 8.68. The molecule has 19 heavy (non-hydrogen) atoms. The molecule has 0 radical (unpaired) electrons. The van der Waals surface area contributed by atoms with E-state index in [-0.39, 0.29) is 0 Å². The van der Waals surface area contributed by atoms with E-state index in [0.29, 0.717) is 0 Å². The van der Waals surface area contributed by atoms with Crippen molar-refractivity contribution in [3.8, 4) is 0 Å². The highest BCUT2D eigenvalue weighted by molar-refractivity contribution is 4.78. The summed E-state index contributed by atoms with van der Waals surface area (Å²) in [6, 6.07) is 0.907. The van der Waals surface area contributed by atoms with Gasteiger partial charge in [-0.2, -0.15) is 0 Å². The van der Waals surface area contributed by atoms with Crippen molar-refractivity contribution in [2.24, 2.45) is 5.92 Å². The molecule has 1 N–H and O–H groups in total. The van der Waals surface area contributed by atoms with Gasteiger partial charge in [0.25, 0.3) is 0 Å². The van der Waals surface area contributed by atoms with Crippen LogP contribution in [-0.4, -0.2) is 37.1 Å². The third-order valence-corrected chi connectivity index (χ3v) is 4.24. The van der Waals surface area contributed by atoms with Crippen LogP contribution in [0, 0.1) is 5.92 Å². The van der Waals surface area contributed by atoms with Crippen molar-refractivity contribution in [2.75, 3.05) is 26.2 Å². The summed E-state index contributed by atoms with van der Waals surface area (Å²) in [5, 5.41) is 3.41. The van der Waals surface area contributed by atoms with Crippen molar-refractivity contribution in [2.45, 2.75) is 78.2 Å². The summed E-state index contributed by atoms with van der Waals surface area (Å²) >= 11 is 0. The minimum Gasteiger partial charge on any atom is -0.317 e. The van der Waals surface area contributed by atoms with Crippen molar-refractivity contribution in [3.63, 3.8) is 0 Å². The standard InChI is InChI=1S/C17H36N2/c1-4-18-13-9-5-6-10-14-19(15-16(2)3)17-11-7-8-12-17/h16-18H,4-15H2,1-3H3. The van der Waals surface area contributed by atoms with E-state index in [1.165, 1.54) is 71.0 Å². The van der Waals surface area contributed by atoms with Gasteiger partial charge in [0.1, 0.15) is 0 Å². The molecule has 0 aromatic rings. The summed E-state index contributed by atoms with van der Waals surface area (Å²) in [5.41, 5.74) is 0. The number of hydrogen-bond acceptors (Lipinski definition) is 2. The average molecular weight is 268 g/mol. The first kappa shape index (κ1) is 17.0. The van der Waals surface area contributed by atoms with Crippen molar-refractivity contribution in [1.29, 1.82) is 0 Å².